The van der Waals surface area contributed by atoms with Gasteiger partial charge in [0.05, 0.1) is 12.7 Å². The number of hydrogen-bond donors (Lipinski definition) is 1. The molecule has 1 saturated heterocycles. The minimum atomic E-state index is -0.413. The molecule has 0 aromatic rings. The number of hydrogen-bond acceptors (Lipinski definition) is 3. The maximum Gasteiger partial charge on any atom is 0.109 e. The zero-order chi connectivity index (χ0) is 10.1. The lowest BCUT2D eigenvalue weighted by Crippen LogP contribution is -2.46. The predicted molar refractivity (Wildman–Crippen MR) is 52.7 cm³/mol. The van der Waals surface area contributed by atoms with E-state index in [1.165, 1.54) is 0 Å². The monoisotopic (exact) mass is 183 g/mol. The Labute approximate surface area is 81.4 Å². The molecule has 0 amide bonds. The van der Waals surface area contributed by atoms with E-state index >= 15 is 0 Å². The van der Waals surface area contributed by atoms with Gasteiger partial charge in [-0.1, -0.05) is 0 Å². The minimum absolute atomic E-state index is 0.0266. The molecular formula is C9H18BNO2. The zero-order valence-corrected chi connectivity index (χ0v) is 8.62. The molecule has 0 saturated carbocycles. The van der Waals surface area contributed by atoms with Gasteiger partial charge >= 0.3 is 0 Å². The van der Waals surface area contributed by atoms with Gasteiger partial charge in [0.15, 0.2) is 0 Å². The number of nitrogens with two attached hydrogens (primary N) is 1. The lowest BCUT2D eigenvalue weighted by atomic mass is 9.92. The molecule has 0 aliphatic carbocycles. The van der Waals surface area contributed by atoms with Crippen LogP contribution >= 0.6 is 0 Å². The second-order valence-electron chi connectivity index (χ2n) is 4.17. The summed E-state index contributed by atoms with van der Waals surface area (Å²) in [5, 5.41) is 0. The summed E-state index contributed by atoms with van der Waals surface area (Å²) in [5.74, 6) is 0. The van der Waals surface area contributed by atoms with E-state index in [-0.39, 0.29) is 18.1 Å². The Kier molecular flexibility index (Phi) is 3.38. The van der Waals surface area contributed by atoms with E-state index in [9.17, 15) is 0 Å². The fourth-order valence-corrected chi connectivity index (χ4v) is 1.45. The van der Waals surface area contributed by atoms with E-state index in [0.29, 0.717) is 13.0 Å². The molecule has 1 aliphatic rings. The van der Waals surface area contributed by atoms with Crippen LogP contribution in [0.4, 0.5) is 0 Å². The Morgan fingerprint density at radius 3 is 2.69 bits per heavy atom. The van der Waals surface area contributed by atoms with Crippen molar-refractivity contribution in [2.24, 2.45) is 5.73 Å². The highest BCUT2D eigenvalue weighted by Gasteiger charge is 2.41. The van der Waals surface area contributed by atoms with Gasteiger partial charge in [0, 0.05) is 12.0 Å². The normalized spacial score (nSPS) is 40.1. The lowest BCUT2D eigenvalue weighted by Gasteiger charge is -2.29. The molecule has 3 nitrogen and oxygen atoms in total. The van der Waals surface area contributed by atoms with Crippen LogP contribution in [0.1, 0.15) is 27.2 Å². The van der Waals surface area contributed by atoms with Gasteiger partial charge in [-0.2, -0.15) is 0 Å². The smallest absolute Gasteiger partial charge is 0.109 e. The second kappa shape index (κ2) is 3.99. The van der Waals surface area contributed by atoms with Gasteiger partial charge in [0.25, 0.3) is 0 Å². The Morgan fingerprint density at radius 2 is 2.31 bits per heavy atom. The topological polar surface area (TPSA) is 44.5 Å². The third kappa shape index (κ3) is 2.69. The molecule has 1 aliphatic heterocycles. The van der Waals surface area contributed by atoms with Gasteiger partial charge in [-0.3, -0.25) is 0 Å². The van der Waals surface area contributed by atoms with E-state index in [1.807, 2.05) is 20.8 Å². The Hall–Kier alpha value is -0.0551. The zero-order valence-electron chi connectivity index (χ0n) is 8.62. The van der Waals surface area contributed by atoms with Crippen molar-refractivity contribution in [2.75, 3.05) is 6.61 Å². The van der Waals surface area contributed by atoms with Crippen molar-refractivity contribution in [3.63, 3.8) is 0 Å². The molecule has 0 aromatic heterocycles. The average Bonchev–Trinajstić information content (AvgIpc) is 2.23. The standard InChI is InChI=1S/C9H18BNO2/c1-6(2)12-5-9(3)7(11)4-8(10)13-9/h6-8H,4-5,11H2,1-3H3. The van der Waals surface area contributed by atoms with E-state index in [4.69, 9.17) is 23.1 Å². The fraction of sp³-hybridized carbons (Fsp3) is 1.00. The summed E-state index contributed by atoms with van der Waals surface area (Å²) < 4.78 is 11.0. The summed E-state index contributed by atoms with van der Waals surface area (Å²) in [6.45, 7) is 6.44. The van der Waals surface area contributed by atoms with Gasteiger partial charge in [-0.25, -0.2) is 0 Å². The van der Waals surface area contributed by atoms with Gasteiger partial charge in [-0.15, -0.1) is 0 Å². The van der Waals surface area contributed by atoms with Crippen molar-refractivity contribution in [1.82, 2.24) is 0 Å². The summed E-state index contributed by atoms with van der Waals surface area (Å²) in [7, 11) is 5.65. The van der Waals surface area contributed by atoms with Crippen LogP contribution in [0.2, 0.25) is 0 Å². The second-order valence-corrected chi connectivity index (χ2v) is 4.17. The molecular weight excluding hydrogens is 165 g/mol. The quantitative estimate of drug-likeness (QED) is 0.644. The first-order valence-corrected chi connectivity index (χ1v) is 4.74. The molecule has 3 unspecified atom stereocenters. The van der Waals surface area contributed by atoms with Crippen LogP contribution in [0.25, 0.3) is 0 Å². The van der Waals surface area contributed by atoms with Gasteiger partial charge in [0.2, 0.25) is 0 Å². The third-order valence-electron chi connectivity index (χ3n) is 2.39. The summed E-state index contributed by atoms with van der Waals surface area (Å²) >= 11 is 0. The highest BCUT2D eigenvalue weighted by molar-refractivity contribution is 6.11. The SMILES string of the molecule is [B]C1CC(N)C(C)(COC(C)C)O1. The van der Waals surface area contributed by atoms with Crippen LogP contribution < -0.4 is 5.73 Å². The van der Waals surface area contributed by atoms with Crippen LogP contribution in [0.15, 0.2) is 0 Å². The van der Waals surface area contributed by atoms with E-state index < -0.39 is 5.60 Å². The third-order valence-corrected chi connectivity index (χ3v) is 2.39. The van der Waals surface area contributed by atoms with Gasteiger partial charge in [0.1, 0.15) is 13.4 Å². The highest BCUT2D eigenvalue weighted by Crippen LogP contribution is 2.28. The molecule has 0 aromatic carbocycles. The van der Waals surface area contributed by atoms with Crippen molar-refractivity contribution in [3.8, 4) is 0 Å². The number of ether oxygens (including phenoxy) is 2. The highest BCUT2D eigenvalue weighted by atomic mass is 16.6. The molecule has 74 valence electrons. The first-order valence-electron chi connectivity index (χ1n) is 4.74. The molecule has 3 atom stereocenters. The average molecular weight is 183 g/mol. The summed E-state index contributed by atoms with van der Waals surface area (Å²) in [6.07, 6.45) is 0.905. The molecule has 1 fully saturated rings. The van der Waals surface area contributed by atoms with E-state index in [1.54, 1.807) is 0 Å². The molecule has 0 spiro atoms. The van der Waals surface area contributed by atoms with Crippen molar-refractivity contribution in [2.45, 2.75) is 50.9 Å². The molecule has 2 radical (unpaired) electrons. The van der Waals surface area contributed by atoms with Crippen molar-refractivity contribution in [1.29, 1.82) is 0 Å². The first-order chi connectivity index (χ1) is 5.94. The Bertz CT molecular complexity index is 177. The van der Waals surface area contributed by atoms with Crippen LogP contribution in [-0.2, 0) is 9.47 Å². The van der Waals surface area contributed by atoms with E-state index in [2.05, 4.69) is 0 Å². The maximum absolute atomic E-state index is 5.90. The Morgan fingerprint density at radius 1 is 1.69 bits per heavy atom. The van der Waals surface area contributed by atoms with Crippen LogP contribution in [0, 0.1) is 0 Å². The summed E-state index contributed by atoms with van der Waals surface area (Å²) in [4.78, 5) is 0. The summed E-state index contributed by atoms with van der Waals surface area (Å²) in [5.41, 5.74) is 5.49. The summed E-state index contributed by atoms with van der Waals surface area (Å²) in [6, 6.07) is -0.267. The molecule has 13 heavy (non-hydrogen) atoms. The lowest BCUT2D eigenvalue weighted by molar-refractivity contribution is -0.0811. The minimum Gasteiger partial charge on any atom is -0.378 e. The van der Waals surface area contributed by atoms with Crippen molar-refractivity contribution >= 4 is 7.85 Å². The largest absolute Gasteiger partial charge is 0.378 e. The van der Waals surface area contributed by atoms with Gasteiger partial charge < -0.3 is 15.2 Å². The van der Waals surface area contributed by atoms with Crippen molar-refractivity contribution in [3.05, 3.63) is 0 Å². The maximum atomic E-state index is 5.90. The molecule has 1 heterocycles. The Balaban J connectivity index is 2.45. The number of rotatable bonds is 3. The van der Waals surface area contributed by atoms with Crippen LogP contribution in [0.5, 0.6) is 0 Å². The van der Waals surface area contributed by atoms with Crippen LogP contribution in [-0.4, -0.2) is 38.2 Å². The molecule has 2 N–H and O–H groups in total. The molecule has 0 bridgehead atoms. The first kappa shape index (κ1) is 11.0. The van der Waals surface area contributed by atoms with E-state index in [0.717, 1.165) is 0 Å². The molecule has 4 heteroatoms. The van der Waals surface area contributed by atoms with Crippen LogP contribution in [0.3, 0.4) is 0 Å². The molecule has 1 rings (SSSR count). The predicted octanol–water partition coefficient (Wildman–Crippen LogP) is 0.412. The van der Waals surface area contributed by atoms with Crippen molar-refractivity contribution < 1.29 is 9.47 Å². The van der Waals surface area contributed by atoms with Gasteiger partial charge in [-0.05, 0) is 27.2 Å². The fourth-order valence-electron chi connectivity index (χ4n) is 1.45.